The van der Waals surface area contributed by atoms with Gasteiger partial charge in [-0.2, -0.15) is 4.98 Å². The summed E-state index contributed by atoms with van der Waals surface area (Å²) in [6, 6.07) is 8.50. The lowest BCUT2D eigenvalue weighted by atomic mass is 9.87. The summed E-state index contributed by atoms with van der Waals surface area (Å²) in [4.78, 5) is 19.1. The number of aromatic nitrogens is 2. The minimum atomic E-state index is 0.0310. The number of rotatable bonds is 5. The summed E-state index contributed by atoms with van der Waals surface area (Å²) < 4.78 is 5.48. The maximum absolute atomic E-state index is 12.3. The van der Waals surface area contributed by atoms with E-state index in [0.29, 0.717) is 18.3 Å². The highest BCUT2D eigenvalue weighted by Gasteiger charge is 2.27. The predicted octanol–water partition coefficient (Wildman–Crippen LogP) is 3.77. The molecule has 1 saturated heterocycles. The summed E-state index contributed by atoms with van der Waals surface area (Å²) in [6.07, 6.45) is 1.94. The third-order valence-corrected chi connectivity index (χ3v) is 5.14. The average Bonchev–Trinajstić information content (AvgIpc) is 3.09. The molecule has 1 atom stereocenters. The van der Waals surface area contributed by atoms with Gasteiger partial charge in [-0.15, -0.1) is 0 Å². The average molecular weight is 385 g/mol. The number of likely N-dealkylation sites (tertiary alicyclic amines) is 1. The molecule has 0 bridgehead atoms. The third-order valence-electron chi connectivity index (χ3n) is 5.14. The summed E-state index contributed by atoms with van der Waals surface area (Å²) in [7, 11) is 0. The fourth-order valence-electron chi connectivity index (χ4n) is 3.56. The molecule has 6 heteroatoms. The quantitative estimate of drug-likeness (QED) is 0.850. The van der Waals surface area contributed by atoms with E-state index in [-0.39, 0.29) is 23.3 Å². The van der Waals surface area contributed by atoms with Gasteiger partial charge in [-0.25, -0.2) is 0 Å². The summed E-state index contributed by atoms with van der Waals surface area (Å²) in [5.74, 6) is 1.38. The third kappa shape index (κ3) is 5.19. The van der Waals surface area contributed by atoms with Crippen LogP contribution in [0.4, 0.5) is 0 Å². The normalized spacial score (nSPS) is 18.4. The topological polar surface area (TPSA) is 71.3 Å². The van der Waals surface area contributed by atoms with Crippen LogP contribution in [0.5, 0.6) is 0 Å². The van der Waals surface area contributed by atoms with E-state index in [1.54, 1.807) is 0 Å². The molecule has 1 amide bonds. The van der Waals surface area contributed by atoms with Gasteiger partial charge in [0.1, 0.15) is 0 Å². The van der Waals surface area contributed by atoms with Gasteiger partial charge in [0, 0.05) is 18.2 Å². The zero-order valence-electron chi connectivity index (χ0n) is 17.7. The molecule has 152 valence electrons. The Hall–Kier alpha value is -2.21. The number of nitrogens with zero attached hydrogens (tertiary/aromatic N) is 3. The van der Waals surface area contributed by atoms with E-state index in [9.17, 15) is 4.79 Å². The highest BCUT2D eigenvalue weighted by Crippen LogP contribution is 2.25. The van der Waals surface area contributed by atoms with Crippen molar-refractivity contribution >= 4 is 5.91 Å². The largest absolute Gasteiger partial charge is 0.354 e. The number of hydrogen-bond acceptors (Lipinski definition) is 5. The van der Waals surface area contributed by atoms with Crippen LogP contribution in [-0.2, 0) is 16.8 Å². The van der Waals surface area contributed by atoms with Gasteiger partial charge < -0.3 is 9.84 Å². The molecular weight excluding hydrogens is 352 g/mol. The van der Waals surface area contributed by atoms with Crippen LogP contribution in [0.15, 0.2) is 28.8 Å². The molecule has 0 aliphatic carbocycles. The van der Waals surface area contributed by atoms with Crippen LogP contribution in [0, 0.1) is 5.92 Å². The van der Waals surface area contributed by atoms with Crippen LogP contribution >= 0.6 is 0 Å². The van der Waals surface area contributed by atoms with Gasteiger partial charge in [0.25, 0.3) is 0 Å². The van der Waals surface area contributed by atoms with E-state index < -0.39 is 0 Å². The molecule has 1 aliphatic heterocycles. The number of carbonyl (C=O) groups excluding carboxylic acids is 1. The molecule has 1 unspecified atom stereocenters. The van der Waals surface area contributed by atoms with Crippen LogP contribution in [0.3, 0.4) is 0 Å². The summed E-state index contributed by atoms with van der Waals surface area (Å²) in [5.41, 5.74) is 2.35. The highest BCUT2D eigenvalue weighted by atomic mass is 16.5. The Balaban J connectivity index is 1.62. The molecule has 1 N–H and O–H groups in total. The lowest BCUT2D eigenvalue weighted by Gasteiger charge is -2.31. The fourth-order valence-corrected chi connectivity index (χ4v) is 3.56. The highest BCUT2D eigenvalue weighted by molar-refractivity contribution is 5.79. The predicted molar refractivity (Wildman–Crippen MR) is 110 cm³/mol. The molecule has 28 heavy (non-hydrogen) atoms. The Morgan fingerprint density at radius 1 is 1.29 bits per heavy atom. The SMILES string of the molecule is CC(C)NC(=O)C1CCCN(Cc2nc(-c3ccc(C(C)(C)C)cc3)no2)C1. The number of hydrogen-bond donors (Lipinski definition) is 1. The lowest BCUT2D eigenvalue weighted by Crippen LogP contribution is -2.44. The van der Waals surface area contributed by atoms with Crippen LogP contribution in [0.2, 0.25) is 0 Å². The smallest absolute Gasteiger partial charge is 0.241 e. The molecule has 1 fully saturated rings. The van der Waals surface area contributed by atoms with E-state index in [1.165, 1.54) is 5.56 Å². The second-order valence-corrected chi connectivity index (χ2v) is 9.08. The number of amides is 1. The van der Waals surface area contributed by atoms with Crippen molar-refractivity contribution in [3.63, 3.8) is 0 Å². The van der Waals surface area contributed by atoms with Crippen LogP contribution < -0.4 is 5.32 Å². The summed E-state index contributed by atoms with van der Waals surface area (Å²) in [6.45, 7) is 12.8. The van der Waals surface area contributed by atoms with Gasteiger partial charge in [0.2, 0.25) is 17.6 Å². The first-order valence-corrected chi connectivity index (χ1v) is 10.2. The first kappa shape index (κ1) is 20.5. The number of carbonyl (C=O) groups is 1. The summed E-state index contributed by atoms with van der Waals surface area (Å²) >= 11 is 0. The van der Waals surface area contributed by atoms with Crippen LogP contribution in [0.1, 0.15) is 58.9 Å². The Labute approximate surface area is 167 Å². The van der Waals surface area contributed by atoms with Crippen molar-refractivity contribution in [3.05, 3.63) is 35.7 Å². The molecule has 0 radical (unpaired) electrons. The molecule has 1 aromatic heterocycles. The second-order valence-electron chi connectivity index (χ2n) is 9.08. The monoisotopic (exact) mass is 384 g/mol. The lowest BCUT2D eigenvalue weighted by molar-refractivity contribution is -0.127. The van der Waals surface area contributed by atoms with Gasteiger partial charge in [-0.1, -0.05) is 50.2 Å². The van der Waals surface area contributed by atoms with Crippen molar-refractivity contribution in [2.24, 2.45) is 5.92 Å². The minimum absolute atomic E-state index is 0.0310. The Kier molecular flexibility index (Phi) is 6.18. The van der Waals surface area contributed by atoms with Gasteiger partial charge >= 0.3 is 0 Å². The van der Waals surface area contributed by atoms with E-state index in [4.69, 9.17) is 4.52 Å². The van der Waals surface area contributed by atoms with Gasteiger partial charge in [0.05, 0.1) is 12.5 Å². The van der Waals surface area contributed by atoms with E-state index in [2.05, 4.69) is 53.3 Å². The Morgan fingerprint density at radius 3 is 2.64 bits per heavy atom. The maximum Gasteiger partial charge on any atom is 0.241 e. The van der Waals surface area contributed by atoms with Crippen molar-refractivity contribution in [1.29, 1.82) is 0 Å². The van der Waals surface area contributed by atoms with Crippen molar-refractivity contribution in [2.75, 3.05) is 13.1 Å². The zero-order chi connectivity index (χ0) is 20.3. The fraction of sp³-hybridized carbons (Fsp3) is 0.591. The standard InChI is InChI=1S/C22H32N4O2/c1-15(2)23-21(27)17-7-6-12-26(13-17)14-19-24-20(25-28-19)16-8-10-18(11-9-16)22(3,4)5/h8-11,15,17H,6-7,12-14H2,1-5H3,(H,23,27). The molecule has 2 heterocycles. The first-order chi connectivity index (χ1) is 13.2. The van der Waals surface area contributed by atoms with Crippen molar-refractivity contribution in [2.45, 2.75) is 65.5 Å². The molecule has 1 aromatic carbocycles. The molecule has 0 spiro atoms. The van der Waals surface area contributed by atoms with Crippen molar-refractivity contribution in [3.8, 4) is 11.4 Å². The van der Waals surface area contributed by atoms with E-state index >= 15 is 0 Å². The van der Waals surface area contributed by atoms with Gasteiger partial charge in [-0.05, 0) is 44.2 Å². The number of piperidine rings is 1. The van der Waals surface area contributed by atoms with E-state index in [0.717, 1.165) is 31.5 Å². The Bertz CT molecular complexity index is 790. The van der Waals surface area contributed by atoms with Crippen LogP contribution in [0.25, 0.3) is 11.4 Å². The molecular formula is C22H32N4O2. The summed E-state index contributed by atoms with van der Waals surface area (Å²) in [5, 5.41) is 7.17. The van der Waals surface area contributed by atoms with E-state index in [1.807, 2.05) is 26.0 Å². The van der Waals surface area contributed by atoms with Gasteiger partial charge in [-0.3, -0.25) is 9.69 Å². The molecule has 1 aliphatic rings. The second kappa shape index (κ2) is 8.43. The van der Waals surface area contributed by atoms with Crippen molar-refractivity contribution in [1.82, 2.24) is 20.4 Å². The molecule has 2 aromatic rings. The van der Waals surface area contributed by atoms with Gasteiger partial charge in [0.15, 0.2) is 0 Å². The van der Waals surface area contributed by atoms with Crippen molar-refractivity contribution < 1.29 is 9.32 Å². The molecule has 6 nitrogen and oxygen atoms in total. The minimum Gasteiger partial charge on any atom is -0.354 e. The molecule has 0 saturated carbocycles. The number of benzene rings is 1. The molecule has 3 rings (SSSR count). The van der Waals surface area contributed by atoms with Crippen LogP contribution in [-0.4, -0.2) is 40.1 Å². The number of nitrogens with one attached hydrogen (secondary N) is 1. The Morgan fingerprint density at radius 2 is 2.00 bits per heavy atom. The zero-order valence-corrected chi connectivity index (χ0v) is 17.7. The maximum atomic E-state index is 12.3. The first-order valence-electron chi connectivity index (χ1n) is 10.2.